The summed E-state index contributed by atoms with van der Waals surface area (Å²) in [5.74, 6) is 0.579. The molecule has 1 heterocycles. The number of hydrogen-bond donors (Lipinski definition) is 1. The van der Waals surface area contributed by atoms with Crippen LogP contribution >= 0.6 is 11.3 Å². The predicted molar refractivity (Wildman–Crippen MR) is 82.9 cm³/mol. The average molecular weight is 304 g/mol. The van der Waals surface area contributed by atoms with Crippen LogP contribution in [0.4, 0.5) is 0 Å². The molecule has 4 nitrogen and oxygen atoms in total. The summed E-state index contributed by atoms with van der Waals surface area (Å²) in [5.41, 5.74) is 0.865. The number of rotatable bonds is 7. The molecule has 1 N–H and O–H groups in total. The number of thiophene rings is 1. The molecule has 0 saturated heterocycles. The third kappa shape index (κ3) is 4.96. The quantitative estimate of drug-likeness (QED) is 0.790. The first-order chi connectivity index (χ1) is 10.2. The van der Waals surface area contributed by atoms with Gasteiger partial charge in [0.25, 0.3) is 0 Å². The number of carboxylic acids is 1. The van der Waals surface area contributed by atoms with Gasteiger partial charge < -0.3 is 14.6 Å². The third-order valence-electron chi connectivity index (χ3n) is 2.59. The Morgan fingerprint density at radius 3 is 2.76 bits per heavy atom. The molecule has 21 heavy (non-hydrogen) atoms. The minimum Gasteiger partial charge on any atom is -0.494 e. The first-order valence-electron chi connectivity index (χ1n) is 6.51. The molecular weight excluding hydrogens is 288 g/mol. The molecule has 0 unspecified atom stereocenters. The first-order valence-corrected chi connectivity index (χ1v) is 7.39. The molecule has 2 aromatic rings. The van der Waals surface area contributed by atoms with Crippen LogP contribution in [-0.2, 0) is 11.4 Å². The van der Waals surface area contributed by atoms with E-state index in [1.807, 2.05) is 42.6 Å². The molecule has 0 bridgehead atoms. The van der Waals surface area contributed by atoms with Crippen molar-refractivity contribution in [1.29, 1.82) is 0 Å². The highest BCUT2D eigenvalue weighted by atomic mass is 32.1. The molecule has 1 aromatic heterocycles. The Hall–Kier alpha value is -2.27. The van der Waals surface area contributed by atoms with E-state index in [9.17, 15) is 4.79 Å². The zero-order valence-corrected chi connectivity index (χ0v) is 12.4. The van der Waals surface area contributed by atoms with E-state index in [1.54, 1.807) is 6.08 Å². The van der Waals surface area contributed by atoms with E-state index < -0.39 is 5.97 Å². The molecule has 0 saturated carbocycles. The maximum Gasteiger partial charge on any atom is 0.328 e. The lowest BCUT2D eigenvalue weighted by molar-refractivity contribution is -0.131. The molecule has 1 aromatic carbocycles. The Morgan fingerprint density at radius 2 is 2.05 bits per heavy atom. The van der Waals surface area contributed by atoms with Gasteiger partial charge in [-0.1, -0.05) is 6.07 Å². The van der Waals surface area contributed by atoms with Gasteiger partial charge >= 0.3 is 5.97 Å². The molecule has 0 fully saturated rings. The second-order valence-corrected chi connectivity index (χ2v) is 5.21. The summed E-state index contributed by atoms with van der Waals surface area (Å²) in [6.45, 7) is 3.00. The van der Waals surface area contributed by atoms with Gasteiger partial charge in [-0.3, -0.25) is 0 Å². The van der Waals surface area contributed by atoms with Crippen LogP contribution in [0.1, 0.15) is 17.4 Å². The fraction of sp³-hybridized carbons (Fsp3) is 0.188. The predicted octanol–water partition coefficient (Wildman–Crippen LogP) is 3.82. The Labute approximate surface area is 127 Å². The second kappa shape index (κ2) is 7.50. The summed E-state index contributed by atoms with van der Waals surface area (Å²) in [6.07, 6.45) is 2.69. The van der Waals surface area contributed by atoms with Crippen LogP contribution < -0.4 is 9.47 Å². The first kappa shape index (κ1) is 15.1. The van der Waals surface area contributed by atoms with Crippen LogP contribution in [0.5, 0.6) is 11.5 Å². The van der Waals surface area contributed by atoms with Crippen molar-refractivity contribution in [3.63, 3.8) is 0 Å². The topological polar surface area (TPSA) is 55.8 Å². The van der Waals surface area contributed by atoms with Gasteiger partial charge in [0, 0.05) is 17.0 Å². The lowest BCUT2D eigenvalue weighted by Crippen LogP contribution is -1.95. The van der Waals surface area contributed by atoms with Crippen molar-refractivity contribution in [3.05, 3.63) is 52.2 Å². The van der Waals surface area contributed by atoms with Gasteiger partial charge in [0.2, 0.25) is 0 Å². The molecule has 5 heteroatoms. The van der Waals surface area contributed by atoms with Gasteiger partial charge in [0.1, 0.15) is 18.1 Å². The van der Waals surface area contributed by atoms with E-state index in [1.165, 1.54) is 11.3 Å². The van der Waals surface area contributed by atoms with Crippen LogP contribution in [0.15, 0.2) is 41.8 Å². The second-order valence-electron chi connectivity index (χ2n) is 4.21. The maximum absolute atomic E-state index is 10.5. The lowest BCUT2D eigenvalue weighted by Gasteiger charge is -2.07. The van der Waals surface area contributed by atoms with Gasteiger partial charge in [0.05, 0.1) is 6.61 Å². The number of carbonyl (C=O) groups is 1. The van der Waals surface area contributed by atoms with E-state index in [4.69, 9.17) is 14.6 Å². The fourth-order valence-electron chi connectivity index (χ4n) is 1.70. The van der Waals surface area contributed by atoms with E-state index in [2.05, 4.69) is 0 Å². The smallest absolute Gasteiger partial charge is 0.328 e. The molecule has 0 radical (unpaired) electrons. The van der Waals surface area contributed by atoms with E-state index >= 15 is 0 Å². The van der Waals surface area contributed by atoms with E-state index in [-0.39, 0.29) is 0 Å². The fourth-order valence-corrected chi connectivity index (χ4v) is 2.47. The van der Waals surface area contributed by atoms with Gasteiger partial charge in [-0.2, -0.15) is 0 Å². The van der Waals surface area contributed by atoms with Crippen LogP contribution in [0.2, 0.25) is 0 Å². The Balaban J connectivity index is 1.94. The van der Waals surface area contributed by atoms with Crippen LogP contribution in [0, 0.1) is 0 Å². The standard InChI is InChI=1S/C16H16O4S/c1-2-19-13-4-3-5-14(9-13)20-10-15-8-12(11-21-15)6-7-16(17)18/h3-9,11H,2,10H2,1H3,(H,17,18). The SMILES string of the molecule is CCOc1cccc(OCc2cc(C=CC(=O)O)cs2)c1. The number of carboxylic acid groups (broad SMARTS) is 1. The monoisotopic (exact) mass is 304 g/mol. The zero-order chi connectivity index (χ0) is 15.1. The summed E-state index contributed by atoms with van der Waals surface area (Å²) < 4.78 is 11.1. The van der Waals surface area contributed by atoms with Crippen LogP contribution in [0.25, 0.3) is 6.08 Å². The number of hydrogen-bond acceptors (Lipinski definition) is 4. The Kier molecular flexibility index (Phi) is 5.40. The van der Waals surface area contributed by atoms with Crippen molar-refractivity contribution in [1.82, 2.24) is 0 Å². The average Bonchev–Trinajstić information content (AvgIpc) is 2.92. The van der Waals surface area contributed by atoms with Crippen molar-refractivity contribution < 1.29 is 19.4 Å². The van der Waals surface area contributed by atoms with Crippen molar-refractivity contribution >= 4 is 23.4 Å². The van der Waals surface area contributed by atoms with Crippen LogP contribution in [0.3, 0.4) is 0 Å². The summed E-state index contributed by atoms with van der Waals surface area (Å²) in [7, 11) is 0. The molecule has 0 aliphatic heterocycles. The minimum atomic E-state index is -0.952. The van der Waals surface area contributed by atoms with Gasteiger partial charge in [-0.25, -0.2) is 4.79 Å². The summed E-state index contributed by atoms with van der Waals surface area (Å²) in [4.78, 5) is 11.5. The molecule has 0 aliphatic rings. The highest BCUT2D eigenvalue weighted by Gasteiger charge is 2.01. The summed E-state index contributed by atoms with van der Waals surface area (Å²) >= 11 is 1.53. The Bertz CT molecular complexity index is 631. The van der Waals surface area contributed by atoms with Crippen molar-refractivity contribution in [3.8, 4) is 11.5 Å². The number of benzene rings is 1. The van der Waals surface area contributed by atoms with Gasteiger partial charge in [-0.15, -0.1) is 11.3 Å². The maximum atomic E-state index is 10.5. The number of ether oxygens (including phenoxy) is 2. The van der Waals surface area contributed by atoms with Crippen molar-refractivity contribution in [2.75, 3.05) is 6.61 Å². The summed E-state index contributed by atoms with van der Waals surface area (Å²) in [5, 5.41) is 10.5. The minimum absolute atomic E-state index is 0.446. The largest absolute Gasteiger partial charge is 0.494 e. The molecule has 0 amide bonds. The van der Waals surface area contributed by atoms with E-state index in [0.29, 0.717) is 13.2 Å². The molecular formula is C16H16O4S. The van der Waals surface area contributed by atoms with Gasteiger partial charge in [-0.05, 0) is 42.1 Å². The molecule has 2 rings (SSSR count). The van der Waals surface area contributed by atoms with Gasteiger partial charge in [0.15, 0.2) is 0 Å². The normalized spacial score (nSPS) is 10.7. The number of aliphatic carboxylic acids is 1. The Morgan fingerprint density at radius 1 is 1.29 bits per heavy atom. The highest BCUT2D eigenvalue weighted by Crippen LogP contribution is 2.22. The molecule has 0 atom stereocenters. The molecule has 110 valence electrons. The van der Waals surface area contributed by atoms with Crippen molar-refractivity contribution in [2.24, 2.45) is 0 Å². The third-order valence-corrected chi connectivity index (χ3v) is 3.52. The molecule has 0 spiro atoms. The zero-order valence-electron chi connectivity index (χ0n) is 11.6. The van der Waals surface area contributed by atoms with E-state index in [0.717, 1.165) is 28.0 Å². The highest BCUT2D eigenvalue weighted by molar-refractivity contribution is 7.10. The van der Waals surface area contributed by atoms with Crippen molar-refractivity contribution in [2.45, 2.75) is 13.5 Å². The molecule has 0 aliphatic carbocycles. The summed E-state index contributed by atoms with van der Waals surface area (Å²) in [6, 6.07) is 9.41. The van der Waals surface area contributed by atoms with Crippen LogP contribution in [-0.4, -0.2) is 17.7 Å². The lowest BCUT2D eigenvalue weighted by atomic mass is 10.3.